The van der Waals surface area contributed by atoms with Crippen LogP contribution < -0.4 is 5.32 Å². The van der Waals surface area contributed by atoms with Gasteiger partial charge in [-0.3, -0.25) is 9.59 Å². The van der Waals surface area contributed by atoms with Crippen LogP contribution in [0.5, 0.6) is 0 Å². The SMILES string of the molecule is CC(=O)NC(CC(=O)O)C1CCCCCC1. The lowest BCUT2D eigenvalue weighted by molar-refractivity contribution is -0.138. The molecule has 0 aliphatic heterocycles. The molecule has 1 amide bonds. The second-order valence-corrected chi connectivity index (χ2v) is 4.66. The average molecular weight is 227 g/mol. The van der Waals surface area contributed by atoms with Crippen molar-refractivity contribution >= 4 is 11.9 Å². The Balaban J connectivity index is 2.57. The van der Waals surface area contributed by atoms with E-state index in [1.165, 1.54) is 19.8 Å². The fourth-order valence-electron chi connectivity index (χ4n) is 2.50. The molecule has 4 heteroatoms. The van der Waals surface area contributed by atoms with Crippen molar-refractivity contribution in [2.75, 3.05) is 0 Å². The molecule has 1 aliphatic rings. The van der Waals surface area contributed by atoms with Gasteiger partial charge >= 0.3 is 5.97 Å². The van der Waals surface area contributed by atoms with Crippen LogP contribution in [0.25, 0.3) is 0 Å². The second kappa shape index (κ2) is 6.51. The van der Waals surface area contributed by atoms with Gasteiger partial charge in [0.2, 0.25) is 5.91 Å². The number of hydrogen-bond acceptors (Lipinski definition) is 2. The Morgan fingerprint density at radius 1 is 1.25 bits per heavy atom. The smallest absolute Gasteiger partial charge is 0.305 e. The summed E-state index contributed by atoms with van der Waals surface area (Å²) in [5.74, 6) is -0.624. The Bertz CT molecular complexity index is 229. The molecule has 0 aromatic rings. The molecular formula is C12H21NO3. The van der Waals surface area contributed by atoms with Gasteiger partial charge in [0.05, 0.1) is 6.42 Å². The molecule has 1 atom stereocenters. The molecule has 0 bridgehead atoms. The van der Waals surface area contributed by atoms with E-state index in [0.717, 1.165) is 25.7 Å². The lowest BCUT2D eigenvalue weighted by Gasteiger charge is -2.25. The number of nitrogens with one attached hydrogen (secondary N) is 1. The van der Waals surface area contributed by atoms with Gasteiger partial charge in [-0.15, -0.1) is 0 Å². The topological polar surface area (TPSA) is 66.4 Å². The third-order valence-electron chi connectivity index (χ3n) is 3.25. The first kappa shape index (κ1) is 13.0. The van der Waals surface area contributed by atoms with Crippen LogP contribution in [0.1, 0.15) is 51.9 Å². The van der Waals surface area contributed by atoms with Crippen molar-refractivity contribution in [3.63, 3.8) is 0 Å². The van der Waals surface area contributed by atoms with Gasteiger partial charge in [0.1, 0.15) is 0 Å². The number of amides is 1. The van der Waals surface area contributed by atoms with E-state index in [1.54, 1.807) is 0 Å². The Kier molecular flexibility index (Phi) is 5.29. The van der Waals surface area contributed by atoms with E-state index in [4.69, 9.17) is 5.11 Å². The molecule has 0 saturated heterocycles. The highest BCUT2D eigenvalue weighted by atomic mass is 16.4. The molecule has 1 unspecified atom stereocenters. The van der Waals surface area contributed by atoms with E-state index in [-0.39, 0.29) is 18.4 Å². The van der Waals surface area contributed by atoms with E-state index >= 15 is 0 Å². The zero-order valence-electron chi connectivity index (χ0n) is 9.87. The van der Waals surface area contributed by atoms with Crippen molar-refractivity contribution in [1.82, 2.24) is 5.32 Å². The molecule has 0 aromatic heterocycles. The van der Waals surface area contributed by atoms with Crippen LogP contribution in [0, 0.1) is 5.92 Å². The van der Waals surface area contributed by atoms with Crippen LogP contribution >= 0.6 is 0 Å². The third kappa shape index (κ3) is 4.64. The monoisotopic (exact) mass is 227 g/mol. The minimum absolute atomic E-state index is 0.0459. The number of carbonyl (C=O) groups is 2. The fraction of sp³-hybridized carbons (Fsp3) is 0.833. The first-order chi connectivity index (χ1) is 7.59. The van der Waals surface area contributed by atoms with Crippen molar-refractivity contribution in [1.29, 1.82) is 0 Å². The van der Waals surface area contributed by atoms with Gasteiger partial charge in [-0.05, 0) is 18.8 Å². The minimum Gasteiger partial charge on any atom is -0.481 e. The van der Waals surface area contributed by atoms with Crippen molar-refractivity contribution in [2.24, 2.45) is 5.92 Å². The standard InChI is InChI=1S/C12H21NO3/c1-9(14)13-11(8-12(15)16)10-6-4-2-3-5-7-10/h10-11H,2-8H2,1H3,(H,13,14)(H,15,16). The zero-order chi connectivity index (χ0) is 12.0. The molecule has 92 valence electrons. The molecule has 0 aromatic carbocycles. The lowest BCUT2D eigenvalue weighted by atomic mass is 9.90. The maximum absolute atomic E-state index is 11.1. The van der Waals surface area contributed by atoms with Crippen LogP contribution in [-0.4, -0.2) is 23.0 Å². The summed E-state index contributed by atoms with van der Waals surface area (Å²) < 4.78 is 0. The summed E-state index contributed by atoms with van der Waals surface area (Å²) >= 11 is 0. The van der Waals surface area contributed by atoms with E-state index < -0.39 is 5.97 Å². The normalized spacial score (nSPS) is 19.8. The Labute approximate surface area is 96.4 Å². The molecule has 1 saturated carbocycles. The summed E-state index contributed by atoms with van der Waals surface area (Å²) in [6.07, 6.45) is 6.90. The molecule has 2 N–H and O–H groups in total. The van der Waals surface area contributed by atoms with Gasteiger partial charge in [-0.1, -0.05) is 25.7 Å². The third-order valence-corrected chi connectivity index (χ3v) is 3.25. The highest BCUT2D eigenvalue weighted by Crippen LogP contribution is 2.26. The average Bonchev–Trinajstić information content (AvgIpc) is 2.42. The molecular weight excluding hydrogens is 206 g/mol. The predicted octanol–water partition coefficient (Wildman–Crippen LogP) is 1.94. The maximum atomic E-state index is 11.1. The highest BCUT2D eigenvalue weighted by molar-refractivity contribution is 5.75. The van der Waals surface area contributed by atoms with Crippen molar-refractivity contribution in [2.45, 2.75) is 57.9 Å². The van der Waals surface area contributed by atoms with Crippen molar-refractivity contribution in [3.05, 3.63) is 0 Å². The molecule has 16 heavy (non-hydrogen) atoms. The van der Waals surface area contributed by atoms with Crippen LogP contribution in [0.4, 0.5) is 0 Å². The first-order valence-corrected chi connectivity index (χ1v) is 6.08. The first-order valence-electron chi connectivity index (χ1n) is 6.08. The summed E-state index contributed by atoms with van der Waals surface area (Å²) in [4.78, 5) is 21.8. The van der Waals surface area contributed by atoms with Crippen LogP contribution in [0.3, 0.4) is 0 Å². The quantitative estimate of drug-likeness (QED) is 0.721. The number of carbonyl (C=O) groups excluding carboxylic acids is 1. The zero-order valence-corrected chi connectivity index (χ0v) is 9.87. The molecule has 0 heterocycles. The number of hydrogen-bond donors (Lipinski definition) is 2. The lowest BCUT2D eigenvalue weighted by Crippen LogP contribution is -2.40. The number of carboxylic acids is 1. The summed E-state index contributed by atoms with van der Waals surface area (Å²) in [6, 6.07) is -0.187. The Morgan fingerprint density at radius 3 is 2.25 bits per heavy atom. The van der Waals surface area contributed by atoms with Crippen LogP contribution in [0.2, 0.25) is 0 Å². The van der Waals surface area contributed by atoms with E-state index in [9.17, 15) is 9.59 Å². The van der Waals surface area contributed by atoms with Gasteiger partial charge < -0.3 is 10.4 Å². The summed E-state index contributed by atoms with van der Waals surface area (Å²) in [6.45, 7) is 1.45. The van der Waals surface area contributed by atoms with E-state index in [1.807, 2.05) is 0 Å². The molecule has 4 nitrogen and oxygen atoms in total. The van der Waals surface area contributed by atoms with Gasteiger partial charge in [0, 0.05) is 13.0 Å². The Hall–Kier alpha value is -1.06. The highest BCUT2D eigenvalue weighted by Gasteiger charge is 2.25. The number of aliphatic carboxylic acids is 1. The van der Waals surface area contributed by atoms with E-state index in [0.29, 0.717) is 5.92 Å². The molecule has 1 rings (SSSR count). The number of carboxylic acid groups (broad SMARTS) is 1. The largest absolute Gasteiger partial charge is 0.481 e. The van der Waals surface area contributed by atoms with Crippen LogP contribution in [0.15, 0.2) is 0 Å². The minimum atomic E-state index is -0.831. The molecule has 1 fully saturated rings. The summed E-state index contributed by atoms with van der Waals surface area (Å²) in [5, 5.41) is 11.6. The summed E-state index contributed by atoms with van der Waals surface area (Å²) in [5.41, 5.74) is 0. The fourth-order valence-corrected chi connectivity index (χ4v) is 2.50. The van der Waals surface area contributed by atoms with Gasteiger partial charge in [-0.2, -0.15) is 0 Å². The Morgan fingerprint density at radius 2 is 1.81 bits per heavy atom. The maximum Gasteiger partial charge on any atom is 0.305 e. The van der Waals surface area contributed by atoms with Crippen molar-refractivity contribution in [3.8, 4) is 0 Å². The van der Waals surface area contributed by atoms with Crippen molar-refractivity contribution < 1.29 is 14.7 Å². The number of rotatable bonds is 4. The molecule has 0 radical (unpaired) electrons. The van der Waals surface area contributed by atoms with Gasteiger partial charge in [0.25, 0.3) is 0 Å². The summed E-state index contributed by atoms with van der Waals surface area (Å²) in [7, 11) is 0. The van der Waals surface area contributed by atoms with Crippen LogP contribution in [-0.2, 0) is 9.59 Å². The van der Waals surface area contributed by atoms with Gasteiger partial charge in [0.15, 0.2) is 0 Å². The second-order valence-electron chi connectivity index (χ2n) is 4.66. The van der Waals surface area contributed by atoms with E-state index in [2.05, 4.69) is 5.32 Å². The predicted molar refractivity (Wildman–Crippen MR) is 61.0 cm³/mol. The molecule has 1 aliphatic carbocycles. The van der Waals surface area contributed by atoms with Gasteiger partial charge in [-0.25, -0.2) is 0 Å². The molecule has 0 spiro atoms.